The number of nitrogens with zero attached hydrogens (tertiary/aromatic N) is 1. The SMILES string of the molecule is CC1CN(Cc2c(N)cccc2F)CC1C. The number of nitrogens with two attached hydrogens (primary N) is 1. The molecule has 1 saturated heterocycles. The lowest BCUT2D eigenvalue weighted by atomic mass is 10.0. The van der Waals surface area contributed by atoms with Gasteiger partial charge in [-0.05, 0) is 24.0 Å². The summed E-state index contributed by atoms with van der Waals surface area (Å²) in [7, 11) is 0. The van der Waals surface area contributed by atoms with Gasteiger partial charge in [-0.15, -0.1) is 0 Å². The van der Waals surface area contributed by atoms with E-state index in [4.69, 9.17) is 5.73 Å². The van der Waals surface area contributed by atoms with Gasteiger partial charge in [0.25, 0.3) is 0 Å². The molecule has 88 valence electrons. The van der Waals surface area contributed by atoms with E-state index in [0.29, 0.717) is 29.6 Å². The van der Waals surface area contributed by atoms with E-state index in [9.17, 15) is 4.39 Å². The van der Waals surface area contributed by atoms with E-state index >= 15 is 0 Å². The number of halogens is 1. The third kappa shape index (κ3) is 2.19. The van der Waals surface area contributed by atoms with Gasteiger partial charge in [-0.1, -0.05) is 19.9 Å². The second kappa shape index (κ2) is 4.42. The van der Waals surface area contributed by atoms with Gasteiger partial charge in [0.15, 0.2) is 0 Å². The molecule has 0 bridgehead atoms. The van der Waals surface area contributed by atoms with Crippen molar-refractivity contribution >= 4 is 5.69 Å². The molecule has 2 N–H and O–H groups in total. The van der Waals surface area contributed by atoms with Gasteiger partial charge >= 0.3 is 0 Å². The fraction of sp³-hybridized carbons (Fsp3) is 0.538. The highest BCUT2D eigenvalue weighted by molar-refractivity contribution is 5.47. The summed E-state index contributed by atoms with van der Waals surface area (Å²) < 4.78 is 13.6. The zero-order chi connectivity index (χ0) is 11.7. The van der Waals surface area contributed by atoms with E-state index < -0.39 is 0 Å². The van der Waals surface area contributed by atoms with E-state index in [1.54, 1.807) is 12.1 Å². The molecule has 1 aromatic rings. The molecule has 0 amide bonds. The Kier molecular flexibility index (Phi) is 3.15. The fourth-order valence-electron chi connectivity index (χ4n) is 2.34. The molecule has 2 nitrogen and oxygen atoms in total. The Morgan fingerprint density at radius 1 is 1.31 bits per heavy atom. The first kappa shape index (κ1) is 11.4. The topological polar surface area (TPSA) is 29.3 Å². The lowest BCUT2D eigenvalue weighted by Crippen LogP contribution is -2.21. The van der Waals surface area contributed by atoms with Crippen LogP contribution in [0.1, 0.15) is 19.4 Å². The first-order valence-corrected chi connectivity index (χ1v) is 5.83. The molecule has 3 heteroatoms. The zero-order valence-corrected chi connectivity index (χ0v) is 9.91. The molecule has 0 spiro atoms. The van der Waals surface area contributed by atoms with Crippen LogP contribution in [0.25, 0.3) is 0 Å². The summed E-state index contributed by atoms with van der Waals surface area (Å²) >= 11 is 0. The minimum Gasteiger partial charge on any atom is -0.398 e. The summed E-state index contributed by atoms with van der Waals surface area (Å²) in [5, 5.41) is 0. The maximum atomic E-state index is 13.6. The van der Waals surface area contributed by atoms with Gasteiger partial charge in [0.1, 0.15) is 5.82 Å². The van der Waals surface area contributed by atoms with Gasteiger partial charge < -0.3 is 5.73 Å². The van der Waals surface area contributed by atoms with Gasteiger partial charge in [-0.25, -0.2) is 4.39 Å². The molecule has 2 unspecified atom stereocenters. The molecule has 1 heterocycles. The highest BCUT2D eigenvalue weighted by Crippen LogP contribution is 2.26. The molecule has 0 aromatic heterocycles. The summed E-state index contributed by atoms with van der Waals surface area (Å²) in [6.45, 7) is 7.20. The summed E-state index contributed by atoms with van der Waals surface area (Å²) in [5.41, 5.74) is 7.01. The summed E-state index contributed by atoms with van der Waals surface area (Å²) in [6, 6.07) is 4.90. The van der Waals surface area contributed by atoms with E-state index in [0.717, 1.165) is 13.1 Å². The van der Waals surface area contributed by atoms with Crippen LogP contribution in [0, 0.1) is 17.7 Å². The normalized spacial score (nSPS) is 26.2. The highest BCUT2D eigenvalue weighted by Gasteiger charge is 2.26. The average molecular weight is 222 g/mol. The summed E-state index contributed by atoms with van der Waals surface area (Å²) in [5.74, 6) is 1.19. The van der Waals surface area contributed by atoms with E-state index in [2.05, 4.69) is 18.7 Å². The smallest absolute Gasteiger partial charge is 0.129 e. The Morgan fingerprint density at radius 2 is 1.94 bits per heavy atom. The number of likely N-dealkylation sites (tertiary alicyclic amines) is 1. The third-order valence-electron chi connectivity index (χ3n) is 3.60. The van der Waals surface area contributed by atoms with Gasteiger partial charge in [0, 0.05) is 30.9 Å². The average Bonchev–Trinajstić information content (AvgIpc) is 2.53. The van der Waals surface area contributed by atoms with Crippen LogP contribution >= 0.6 is 0 Å². The first-order chi connectivity index (χ1) is 7.58. The van der Waals surface area contributed by atoms with Crippen molar-refractivity contribution in [2.24, 2.45) is 11.8 Å². The van der Waals surface area contributed by atoms with Gasteiger partial charge in [0.2, 0.25) is 0 Å². The number of hydrogen-bond donors (Lipinski definition) is 1. The number of hydrogen-bond acceptors (Lipinski definition) is 2. The van der Waals surface area contributed by atoms with E-state index in [1.807, 2.05) is 0 Å². The van der Waals surface area contributed by atoms with E-state index in [-0.39, 0.29) is 5.82 Å². The molecule has 1 aliphatic rings. The predicted octanol–water partition coefficient (Wildman–Crippen LogP) is 2.50. The van der Waals surface area contributed by atoms with Gasteiger partial charge in [-0.3, -0.25) is 4.90 Å². The number of anilines is 1. The van der Waals surface area contributed by atoms with Crippen LogP contribution in [0.5, 0.6) is 0 Å². The number of rotatable bonds is 2. The Balaban J connectivity index is 2.10. The largest absolute Gasteiger partial charge is 0.398 e. The molecular formula is C13H19FN2. The Bertz CT molecular complexity index is 348. The Morgan fingerprint density at radius 3 is 2.50 bits per heavy atom. The van der Waals surface area contributed by atoms with Crippen molar-refractivity contribution in [1.82, 2.24) is 4.90 Å². The zero-order valence-electron chi connectivity index (χ0n) is 9.91. The molecule has 2 atom stereocenters. The van der Waals surface area contributed by atoms with Crippen molar-refractivity contribution in [2.45, 2.75) is 20.4 Å². The van der Waals surface area contributed by atoms with Crippen LogP contribution in [0.3, 0.4) is 0 Å². The molecule has 0 aliphatic carbocycles. The summed E-state index contributed by atoms with van der Waals surface area (Å²) in [6.07, 6.45) is 0. The van der Waals surface area contributed by atoms with Crippen molar-refractivity contribution in [3.05, 3.63) is 29.6 Å². The van der Waals surface area contributed by atoms with Crippen LogP contribution in [0.15, 0.2) is 18.2 Å². The molecule has 1 aromatic carbocycles. The Hall–Kier alpha value is -1.09. The van der Waals surface area contributed by atoms with Gasteiger partial charge in [0.05, 0.1) is 0 Å². The van der Waals surface area contributed by atoms with Crippen LogP contribution in [0.2, 0.25) is 0 Å². The highest BCUT2D eigenvalue weighted by atomic mass is 19.1. The molecular weight excluding hydrogens is 203 g/mol. The maximum Gasteiger partial charge on any atom is 0.129 e. The van der Waals surface area contributed by atoms with Gasteiger partial charge in [-0.2, -0.15) is 0 Å². The Labute approximate surface area is 96.2 Å². The van der Waals surface area contributed by atoms with Crippen molar-refractivity contribution < 1.29 is 4.39 Å². The second-order valence-corrected chi connectivity index (χ2v) is 4.96. The molecule has 0 radical (unpaired) electrons. The molecule has 1 fully saturated rings. The summed E-state index contributed by atoms with van der Waals surface area (Å²) in [4.78, 5) is 2.28. The maximum absolute atomic E-state index is 13.6. The molecule has 0 saturated carbocycles. The van der Waals surface area contributed by atoms with E-state index in [1.165, 1.54) is 6.07 Å². The fourth-order valence-corrected chi connectivity index (χ4v) is 2.34. The monoisotopic (exact) mass is 222 g/mol. The van der Waals surface area contributed by atoms with Crippen LogP contribution in [-0.2, 0) is 6.54 Å². The third-order valence-corrected chi connectivity index (χ3v) is 3.60. The molecule has 2 rings (SSSR count). The molecule has 16 heavy (non-hydrogen) atoms. The second-order valence-electron chi connectivity index (χ2n) is 4.96. The lowest BCUT2D eigenvalue weighted by molar-refractivity contribution is 0.311. The van der Waals surface area contributed by atoms with Crippen LogP contribution in [-0.4, -0.2) is 18.0 Å². The van der Waals surface area contributed by atoms with Crippen LogP contribution in [0.4, 0.5) is 10.1 Å². The van der Waals surface area contributed by atoms with Crippen molar-refractivity contribution in [2.75, 3.05) is 18.8 Å². The lowest BCUT2D eigenvalue weighted by Gasteiger charge is -2.17. The van der Waals surface area contributed by atoms with Crippen molar-refractivity contribution in [3.63, 3.8) is 0 Å². The molecule has 1 aliphatic heterocycles. The minimum atomic E-state index is -0.188. The quantitative estimate of drug-likeness (QED) is 0.779. The van der Waals surface area contributed by atoms with Crippen molar-refractivity contribution in [3.8, 4) is 0 Å². The van der Waals surface area contributed by atoms with Crippen LogP contribution < -0.4 is 5.73 Å². The van der Waals surface area contributed by atoms with Crippen molar-refractivity contribution in [1.29, 1.82) is 0 Å². The minimum absolute atomic E-state index is 0.188. The predicted molar refractivity (Wildman–Crippen MR) is 64.4 cm³/mol. The first-order valence-electron chi connectivity index (χ1n) is 5.83. The number of nitrogen functional groups attached to an aromatic ring is 1. The standard InChI is InChI=1S/C13H19FN2/c1-9-6-16(7-10(9)2)8-11-12(14)4-3-5-13(11)15/h3-5,9-10H,6-8,15H2,1-2H3. The number of benzene rings is 1.